The number of hydrogen-bond donors (Lipinski definition) is 3. The number of benzene rings is 1. The number of carboxylic acid groups (broad SMARTS) is 1. The summed E-state index contributed by atoms with van der Waals surface area (Å²) in [5.41, 5.74) is 0.333. The quantitative estimate of drug-likeness (QED) is 0.409. The second kappa shape index (κ2) is 7.69. The van der Waals surface area contributed by atoms with E-state index in [2.05, 4.69) is 10.3 Å². The van der Waals surface area contributed by atoms with E-state index in [4.69, 9.17) is 0 Å². The summed E-state index contributed by atoms with van der Waals surface area (Å²) < 4.78 is 0. The van der Waals surface area contributed by atoms with Crippen LogP contribution in [0.5, 0.6) is 0 Å². The van der Waals surface area contributed by atoms with Gasteiger partial charge in [-0.15, -0.1) is 11.8 Å². The average molecular weight is 369 g/mol. The van der Waals surface area contributed by atoms with Crippen LogP contribution < -0.4 is 5.32 Å². The predicted molar refractivity (Wildman–Crippen MR) is 93.5 cm³/mol. The van der Waals surface area contributed by atoms with Gasteiger partial charge in [-0.25, -0.2) is 9.79 Å². The fraction of sp³-hybridized carbons (Fsp3) is 0.286. The highest BCUT2D eigenvalue weighted by Gasteiger charge is 2.33. The van der Waals surface area contributed by atoms with Crippen molar-refractivity contribution in [3.63, 3.8) is 0 Å². The van der Waals surface area contributed by atoms with E-state index in [-0.39, 0.29) is 17.0 Å². The molecule has 24 heavy (non-hydrogen) atoms. The molecular weight excluding hydrogens is 354 g/mol. The molecule has 3 N–H and O–H groups in total. The molecule has 1 aromatic rings. The summed E-state index contributed by atoms with van der Waals surface area (Å²) >= 11 is 2.42. The van der Waals surface area contributed by atoms with Crippen molar-refractivity contribution in [2.75, 3.05) is 19.1 Å². The van der Waals surface area contributed by atoms with Crippen molar-refractivity contribution in [3.8, 4) is 0 Å². The normalized spacial score (nSPS) is 17.3. The van der Waals surface area contributed by atoms with Crippen LogP contribution in [-0.4, -0.2) is 45.4 Å². The molecule has 1 aliphatic heterocycles. The largest absolute Gasteiger partial charge is 0.478 e. The Balaban J connectivity index is 2.71. The van der Waals surface area contributed by atoms with E-state index in [0.29, 0.717) is 15.6 Å². The Kier molecular flexibility index (Phi) is 5.86. The van der Waals surface area contributed by atoms with Gasteiger partial charge in [0.15, 0.2) is 5.17 Å². The summed E-state index contributed by atoms with van der Waals surface area (Å²) in [6.07, 6.45) is 3.44. The van der Waals surface area contributed by atoms with Crippen LogP contribution in [0.3, 0.4) is 0 Å². The van der Waals surface area contributed by atoms with Crippen LogP contribution in [0.1, 0.15) is 11.6 Å². The van der Waals surface area contributed by atoms with Crippen molar-refractivity contribution >= 4 is 40.3 Å². The average Bonchev–Trinajstić information content (AvgIpc) is 2.59. The first-order valence-electron chi connectivity index (χ1n) is 6.71. The summed E-state index contributed by atoms with van der Waals surface area (Å²) in [5.74, 6) is -1.24. The number of nitrogens with zero attached hydrogens (tertiary/aromatic N) is 2. The molecule has 0 amide bonds. The van der Waals surface area contributed by atoms with Gasteiger partial charge in [0.05, 0.1) is 27.7 Å². The van der Waals surface area contributed by atoms with Gasteiger partial charge in [0.2, 0.25) is 0 Å². The number of thioether (sulfide) groups is 2. The Morgan fingerprint density at radius 1 is 1.42 bits per heavy atom. The molecule has 0 radical (unpaired) electrons. The number of aliphatic carboxylic acids is 1. The van der Waals surface area contributed by atoms with Gasteiger partial charge in [-0.05, 0) is 12.5 Å². The standard InChI is InChI=1S/C14H15N3O5S2/c1-23-12-7(4-3-5-9(12)17(21)22)11-10(13(19)20)8(6-18)15-14(16-11)24-2/h3-5,11,18H,6H2,1-2H3,(H,15,16)(H,19,20). The minimum absolute atomic E-state index is 0.102. The van der Waals surface area contributed by atoms with Crippen molar-refractivity contribution < 1.29 is 19.9 Å². The molecule has 1 heterocycles. The van der Waals surface area contributed by atoms with Gasteiger partial charge in [0.25, 0.3) is 5.69 Å². The third kappa shape index (κ3) is 3.40. The summed E-state index contributed by atoms with van der Waals surface area (Å²) in [7, 11) is 0. The Labute approximate surface area is 146 Å². The molecule has 0 aromatic heterocycles. The lowest BCUT2D eigenvalue weighted by Gasteiger charge is -2.26. The van der Waals surface area contributed by atoms with E-state index in [1.54, 1.807) is 18.6 Å². The number of aliphatic imine (C=N–C) groups is 1. The maximum Gasteiger partial charge on any atom is 0.335 e. The number of aliphatic hydroxyl groups excluding tert-OH is 1. The summed E-state index contributed by atoms with van der Waals surface area (Å²) in [6.45, 7) is -0.499. The van der Waals surface area contributed by atoms with Gasteiger partial charge in [0.1, 0.15) is 6.04 Å². The SMILES string of the molecule is CSC1=NC(c2cccc([N+](=O)[O-])c2SC)C(C(=O)O)=C(CO)N1. The first-order chi connectivity index (χ1) is 11.4. The van der Waals surface area contributed by atoms with Crippen molar-refractivity contribution in [1.29, 1.82) is 0 Å². The van der Waals surface area contributed by atoms with Gasteiger partial charge in [0, 0.05) is 11.6 Å². The molecule has 2 rings (SSSR count). The number of nitro groups is 1. The van der Waals surface area contributed by atoms with Crippen LogP contribution in [0, 0.1) is 10.1 Å². The fourth-order valence-electron chi connectivity index (χ4n) is 2.40. The number of nitro benzene ring substituents is 1. The van der Waals surface area contributed by atoms with Crippen LogP contribution in [0.25, 0.3) is 0 Å². The Morgan fingerprint density at radius 2 is 2.12 bits per heavy atom. The lowest BCUT2D eigenvalue weighted by Crippen LogP contribution is -2.32. The number of nitrogens with one attached hydrogen (secondary N) is 1. The number of hydrogen-bond acceptors (Lipinski definition) is 8. The van der Waals surface area contributed by atoms with Crippen molar-refractivity contribution in [1.82, 2.24) is 5.32 Å². The van der Waals surface area contributed by atoms with Crippen molar-refractivity contribution in [2.24, 2.45) is 4.99 Å². The fourth-order valence-corrected chi connectivity index (χ4v) is 3.60. The minimum Gasteiger partial charge on any atom is -0.478 e. The third-order valence-electron chi connectivity index (χ3n) is 3.40. The van der Waals surface area contributed by atoms with Gasteiger partial charge in [-0.1, -0.05) is 23.9 Å². The van der Waals surface area contributed by atoms with E-state index in [0.717, 1.165) is 11.8 Å². The molecule has 1 unspecified atom stereocenters. The molecule has 8 nitrogen and oxygen atoms in total. The number of rotatable bonds is 5. The molecule has 0 saturated heterocycles. The minimum atomic E-state index is -1.24. The molecule has 0 spiro atoms. The zero-order valence-electron chi connectivity index (χ0n) is 12.8. The molecule has 1 atom stereocenters. The van der Waals surface area contributed by atoms with E-state index in [1.165, 1.54) is 23.9 Å². The van der Waals surface area contributed by atoms with Gasteiger partial charge >= 0.3 is 5.97 Å². The number of carbonyl (C=O) groups is 1. The van der Waals surface area contributed by atoms with Crippen LogP contribution in [-0.2, 0) is 4.79 Å². The number of aliphatic hydroxyl groups is 1. The zero-order valence-corrected chi connectivity index (χ0v) is 14.5. The lowest BCUT2D eigenvalue weighted by atomic mass is 9.96. The molecule has 1 aliphatic rings. The smallest absolute Gasteiger partial charge is 0.335 e. The van der Waals surface area contributed by atoms with Gasteiger partial charge < -0.3 is 15.5 Å². The summed E-state index contributed by atoms with van der Waals surface area (Å²) in [4.78, 5) is 27.2. The Hall–Kier alpha value is -2.04. The van der Waals surface area contributed by atoms with E-state index >= 15 is 0 Å². The maximum absolute atomic E-state index is 11.7. The summed E-state index contributed by atoms with van der Waals surface area (Å²) in [6, 6.07) is 3.55. The van der Waals surface area contributed by atoms with Crippen LogP contribution in [0.4, 0.5) is 5.69 Å². The first kappa shape index (κ1) is 18.3. The first-order valence-corrected chi connectivity index (χ1v) is 9.16. The molecule has 128 valence electrons. The molecular formula is C14H15N3O5S2. The van der Waals surface area contributed by atoms with Gasteiger partial charge in [-0.3, -0.25) is 10.1 Å². The highest BCUT2D eigenvalue weighted by atomic mass is 32.2. The van der Waals surface area contributed by atoms with Crippen molar-refractivity contribution in [3.05, 3.63) is 45.1 Å². The lowest BCUT2D eigenvalue weighted by molar-refractivity contribution is -0.387. The Morgan fingerprint density at radius 3 is 2.62 bits per heavy atom. The van der Waals surface area contributed by atoms with E-state index in [1.807, 2.05) is 0 Å². The zero-order chi connectivity index (χ0) is 17.9. The second-order valence-electron chi connectivity index (χ2n) is 4.68. The predicted octanol–water partition coefficient (Wildman–Crippen LogP) is 2.01. The van der Waals surface area contributed by atoms with Crippen LogP contribution in [0.2, 0.25) is 0 Å². The highest BCUT2D eigenvalue weighted by Crippen LogP contribution is 2.40. The van der Waals surface area contributed by atoms with E-state index in [9.17, 15) is 25.1 Å². The van der Waals surface area contributed by atoms with E-state index < -0.39 is 23.5 Å². The number of carboxylic acids is 1. The summed E-state index contributed by atoms with van der Waals surface area (Å²) in [5, 5.41) is 33.5. The molecule has 0 aliphatic carbocycles. The molecule has 0 saturated carbocycles. The van der Waals surface area contributed by atoms with Crippen LogP contribution >= 0.6 is 23.5 Å². The third-order valence-corrected chi connectivity index (χ3v) is 4.85. The van der Waals surface area contributed by atoms with Crippen molar-refractivity contribution in [2.45, 2.75) is 10.9 Å². The molecule has 0 bridgehead atoms. The number of amidine groups is 1. The molecule has 0 fully saturated rings. The monoisotopic (exact) mass is 369 g/mol. The highest BCUT2D eigenvalue weighted by molar-refractivity contribution is 8.13. The maximum atomic E-state index is 11.7. The molecule has 1 aromatic carbocycles. The van der Waals surface area contributed by atoms with Gasteiger partial charge in [-0.2, -0.15) is 0 Å². The Bertz CT molecular complexity index is 748. The topological polar surface area (TPSA) is 125 Å². The van der Waals surface area contributed by atoms with Crippen LogP contribution in [0.15, 0.2) is 39.4 Å². The second-order valence-corrected chi connectivity index (χ2v) is 6.29. The molecule has 10 heteroatoms.